The topological polar surface area (TPSA) is 86.4 Å². The van der Waals surface area contributed by atoms with Crippen molar-refractivity contribution in [2.75, 3.05) is 26.4 Å². The number of hydrogen-bond donors (Lipinski definition) is 0. The van der Waals surface area contributed by atoms with E-state index in [9.17, 15) is 0 Å². The number of aliphatic imine (C=N–C) groups is 4. The van der Waals surface area contributed by atoms with Gasteiger partial charge in [0.05, 0.1) is 24.2 Å². The van der Waals surface area contributed by atoms with Crippen LogP contribution in [-0.4, -0.2) is 74.2 Å². The van der Waals surface area contributed by atoms with Gasteiger partial charge >= 0.3 is 0 Å². The molecule has 1 saturated carbocycles. The molecule has 8 nitrogen and oxygen atoms in total. The molecule has 0 saturated heterocycles. The zero-order valence-corrected chi connectivity index (χ0v) is 21.5. The van der Waals surface area contributed by atoms with E-state index >= 15 is 0 Å². The van der Waals surface area contributed by atoms with Gasteiger partial charge in [0.15, 0.2) is 23.6 Å². The maximum Gasteiger partial charge on any atom is 0.199 e. The highest BCUT2D eigenvalue weighted by Crippen LogP contribution is 2.51. The van der Waals surface area contributed by atoms with Crippen LogP contribution in [-0.2, 0) is 18.9 Å². The molecule has 1 fully saturated rings. The summed E-state index contributed by atoms with van der Waals surface area (Å²) >= 11 is 0. The van der Waals surface area contributed by atoms with Crippen LogP contribution in [0.4, 0.5) is 0 Å². The highest BCUT2D eigenvalue weighted by Gasteiger charge is 2.58. The van der Waals surface area contributed by atoms with Gasteiger partial charge in [0.2, 0.25) is 0 Å². The molecular formula is C25H40N4O4. The smallest absolute Gasteiger partial charge is 0.199 e. The molecule has 184 valence electrons. The van der Waals surface area contributed by atoms with E-state index in [1.807, 2.05) is 27.7 Å². The summed E-state index contributed by atoms with van der Waals surface area (Å²) < 4.78 is 22.7. The van der Waals surface area contributed by atoms with Gasteiger partial charge in [-0.15, -0.1) is 0 Å². The molecule has 0 N–H and O–H groups in total. The van der Waals surface area contributed by atoms with Crippen LogP contribution >= 0.6 is 0 Å². The van der Waals surface area contributed by atoms with Crippen molar-refractivity contribution in [3.63, 3.8) is 0 Å². The molecule has 0 spiro atoms. The Bertz CT molecular complexity index is 849. The van der Waals surface area contributed by atoms with Crippen LogP contribution in [0.3, 0.4) is 0 Å². The second kappa shape index (κ2) is 8.58. The number of ether oxygens (including phenoxy) is 4. The third-order valence-electron chi connectivity index (χ3n) is 6.69. The molecule has 0 unspecified atom stereocenters. The first-order valence-electron chi connectivity index (χ1n) is 12.3. The van der Waals surface area contributed by atoms with Crippen LogP contribution in [0, 0.1) is 16.2 Å². The summed E-state index contributed by atoms with van der Waals surface area (Å²) in [5.41, 5.74) is -0.274. The molecule has 4 atom stereocenters. The Morgan fingerprint density at radius 2 is 1.09 bits per heavy atom. The molecule has 8 heteroatoms. The Balaban J connectivity index is 0.000000160. The predicted octanol–water partition coefficient (Wildman–Crippen LogP) is 4.07. The minimum atomic E-state index is -0.324. The molecule has 1 aliphatic carbocycles. The van der Waals surface area contributed by atoms with E-state index in [4.69, 9.17) is 23.9 Å². The van der Waals surface area contributed by atoms with E-state index in [2.05, 4.69) is 42.7 Å². The SMILES string of the molecule is C[C@H]1COC(C(C)(C)C2=N[C@@H](C)CO2)=N1.C[C@H]1COC(C2(C3=N[C@@H](C(C)(C)C)CO3)CC2)=N1. The van der Waals surface area contributed by atoms with Crippen molar-refractivity contribution in [1.82, 2.24) is 0 Å². The van der Waals surface area contributed by atoms with E-state index in [-0.39, 0.29) is 40.4 Å². The van der Waals surface area contributed by atoms with Gasteiger partial charge in [-0.2, -0.15) is 0 Å². The van der Waals surface area contributed by atoms with Crippen molar-refractivity contribution in [3.05, 3.63) is 0 Å². The first kappa shape index (κ1) is 24.0. The van der Waals surface area contributed by atoms with Crippen molar-refractivity contribution in [3.8, 4) is 0 Å². The lowest BCUT2D eigenvalue weighted by Gasteiger charge is -2.22. The largest absolute Gasteiger partial charge is 0.478 e. The predicted molar refractivity (Wildman–Crippen MR) is 131 cm³/mol. The van der Waals surface area contributed by atoms with Crippen LogP contribution in [0.1, 0.15) is 68.2 Å². The quantitative estimate of drug-likeness (QED) is 0.633. The maximum atomic E-state index is 5.86. The lowest BCUT2D eigenvalue weighted by atomic mass is 9.88. The fraction of sp³-hybridized carbons (Fsp3) is 0.840. The number of nitrogens with zero attached hydrogens (tertiary/aromatic N) is 4. The van der Waals surface area contributed by atoms with Gasteiger partial charge in [-0.3, -0.25) is 0 Å². The second-order valence-electron chi connectivity index (χ2n) is 11.6. The molecule has 0 amide bonds. The monoisotopic (exact) mass is 460 g/mol. The third kappa shape index (κ3) is 4.90. The van der Waals surface area contributed by atoms with Gasteiger partial charge in [0.25, 0.3) is 0 Å². The van der Waals surface area contributed by atoms with Gasteiger partial charge in [-0.05, 0) is 52.9 Å². The van der Waals surface area contributed by atoms with Crippen LogP contribution in [0.15, 0.2) is 20.0 Å². The maximum absolute atomic E-state index is 5.86. The first-order valence-corrected chi connectivity index (χ1v) is 12.3. The first-order chi connectivity index (χ1) is 15.4. The normalized spacial score (nSPS) is 32.2. The lowest BCUT2D eigenvalue weighted by molar-refractivity contribution is 0.228. The average molecular weight is 461 g/mol. The van der Waals surface area contributed by atoms with Crippen molar-refractivity contribution in [2.45, 2.75) is 92.4 Å². The Kier molecular flexibility index (Phi) is 6.25. The molecular weight excluding hydrogens is 420 g/mol. The van der Waals surface area contributed by atoms with Crippen molar-refractivity contribution >= 4 is 23.6 Å². The van der Waals surface area contributed by atoms with Crippen molar-refractivity contribution in [1.29, 1.82) is 0 Å². The summed E-state index contributed by atoms with van der Waals surface area (Å²) in [4.78, 5) is 18.3. The minimum absolute atomic E-state index is 0.106. The Labute approximate surface area is 198 Å². The van der Waals surface area contributed by atoms with Crippen LogP contribution in [0.5, 0.6) is 0 Å². The van der Waals surface area contributed by atoms with Gasteiger partial charge in [-0.25, -0.2) is 20.0 Å². The third-order valence-corrected chi connectivity index (χ3v) is 6.69. The molecule has 5 rings (SSSR count). The van der Waals surface area contributed by atoms with Crippen molar-refractivity contribution < 1.29 is 18.9 Å². The summed E-state index contributed by atoms with van der Waals surface area (Å²) in [7, 11) is 0. The van der Waals surface area contributed by atoms with Gasteiger partial charge < -0.3 is 18.9 Å². The molecule has 0 radical (unpaired) electrons. The summed E-state index contributed by atoms with van der Waals surface area (Å²) in [5.74, 6) is 3.24. The molecule has 4 heterocycles. The molecule has 33 heavy (non-hydrogen) atoms. The highest BCUT2D eigenvalue weighted by atomic mass is 16.5. The van der Waals surface area contributed by atoms with E-state index in [1.165, 1.54) is 0 Å². The molecule has 0 bridgehead atoms. The summed E-state index contributed by atoms with van der Waals surface area (Å²) in [5, 5.41) is 0. The Morgan fingerprint density at radius 3 is 1.45 bits per heavy atom. The number of hydrogen-bond acceptors (Lipinski definition) is 8. The van der Waals surface area contributed by atoms with E-state index < -0.39 is 0 Å². The van der Waals surface area contributed by atoms with Crippen LogP contribution in [0.25, 0.3) is 0 Å². The van der Waals surface area contributed by atoms with E-state index in [0.717, 1.165) is 36.4 Å². The molecule has 4 aliphatic heterocycles. The van der Waals surface area contributed by atoms with Crippen LogP contribution < -0.4 is 0 Å². The fourth-order valence-corrected chi connectivity index (χ4v) is 4.18. The standard InChI is InChI=1S/C14H22N2O2.C11H18N2O2/c1-9-7-17-11(15-9)14(5-6-14)12-16-10(8-18-12)13(2,3)4;1-7-5-14-9(12-7)11(3,4)10-13-8(2)6-15-10/h9-10H,5-8H2,1-4H3;7-8H,5-6H2,1-4H3/t9-,10+;7-,8-/m00/s1. The lowest BCUT2D eigenvalue weighted by Crippen LogP contribution is -2.34. The summed E-state index contributed by atoms with van der Waals surface area (Å²) in [6.07, 6.45) is 2.13. The molecule has 5 aliphatic rings. The minimum Gasteiger partial charge on any atom is -0.478 e. The summed E-state index contributed by atoms with van der Waals surface area (Å²) in [6, 6.07) is 1.03. The average Bonchev–Trinajstić information content (AvgIpc) is 3.24. The summed E-state index contributed by atoms with van der Waals surface area (Å²) in [6.45, 7) is 19.6. The highest BCUT2D eigenvalue weighted by molar-refractivity contribution is 6.09. The van der Waals surface area contributed by atoms with Gasteiger partial charge in [0.1, 0.15) is 37.3 Å². The zero-order chi connectivity index (χ0) is 24.0. The fourth-order valence-electron chi connectivity index (χ4n) is 4.18. The zero-order valence-electron chi connectivity index (χ0n) is 21.5. The van der Waals surface area contributed by atoms with Crippen LogP contribution in [0.2, 0.25) is 0 Å². The number of rotatable bonds is 4. The Hall–Kier alpha value is -2.12. The molecule has 0 aromatic carbocycles. The van der Waals surface area contributed by atoms with Gasteiger partial charge in [-0.1, -0.05) is 20.8 Å². The van der Waals surface area contributed by atoms with Gasteiger partial charge in [0, 0.05) is 0 Å². The molecule has 0 aromatic heterocycles. The van der Waals surface area contributed by atoms with Crippen molar-refractivity contribution in [2.24, 2.45) is 36.2 Å². The second-order valence-corrected chi connectivity index (χ2v) is 11.6. The van der Waals surface area contributed by atoms with E-state index in [1.54, 1.807) is 0 Å². The molecule has 0 aromatic rings. The van der Waals surface area contributed by atoms with E-state index in [0.29, 0.717) is 26.4 Å². The Morgan fingerprint density at radius 1 is 0.636 bits per heavy atom.